The highest BCUT2D eigenvalue weighted by molar-refractivity contribution is 5.92. The number of hydrogen-bond donors (Lipinski definition) is 4. The number of hydrogen-bond acceptors (Lipinski definition) is 5. The van der Waals surface area contributed by atoms with Crippen molar-refractivity contribution in [2.45, 2.75) is 64.5 Å². The van der Waals surface area contributed by atoms with E-state index in [2.05, 4.69) is 34.8 Å². The number of quaternary nitrogens is 1. The number of carboxylic acids is 1. The summed E-state index contributed by atoms with van der Waals surface area (Å²) in [6, 6.07) is -1.69. The molecule has 0 saturated heterocycles. The predicted octanol–water partition coefficient (Wildman–Crippen LogP) is -1.44. The van der Waals surface area contributed by atoms with E-state index in [4.69, 9.17) is 0 Å². The first-order valence-electron chi connectivity index (χ1n) is 9.78. The standard InChI is InChI=1S/C20H34N4O5/c1-13(2)17(25)22-11-7-5-9-15(21)19(27)24-16(20(28)29)10-6-8-12-23-18(26)14(3)4/h15-16H,1,3,5-12,21H2,2,4H3,(H,22,25)(H,23,26)(H,24,27)(H,28,29)/t15-,16-/m0/s1. The number of amides is 3. The molecule has 0 heterocycles. The van der Waals surface area contributed by atoms with Gasteiger partial charge in [-0.25, -0.2) is 0 Å². The first kappa shape index (κ1) is 26.3. The lowest BCUT2D eigenvalue weighted by molar-refractivity contribution is -0.405. The predicted molar refractivity (Wildman–Crippen MR) is 107 cm³/mol. The van der Waals surface area contributed by atoms with Crippen LogP contribution in [0.1, 0.15) is 52.4 Å². The Kier molecular flexibility index (Phi) is 13.0. The first-order chi connectivity index (χ1) is 13.6. The fourth-order valence-electron chi connectivity index (χ4n) is 2.36. The second-order valence-corrected chi connectivity index (χ2v) is 7.14. The Hall–Kier alpha value is -2.68. The second-order valence-electron chi connectivity index (χ2n) is 7.14. The Labute approximate surface area is 172 Å². The van der Waals surface area contributed by atoms with E-state index in [1.807, 2.05) is 0 Å². The number of carboxylic acid groups (broad SMARTS) is 1. The number of carbonyl (C=O) groups excluding carboxylic acids is 4. The normalized spacial score (nSPS) is 12.4. The molecule has 0 aliphatic heterocycles. The molecule has 0 aromatic heterocycles. The van der Waals surface area contributed by atoms with Gasteiger partial charge in [-0.05, 0) is 46.0 Å². The van der Waals surface area contributed by atoms with E-state index in [-0.39, 0.29) is 18.2 Å². The van der Waals surface area contributed by atoms with Gasteiger partial charge in [0.15, 0.2) is 6.04 Å². The van der Waals surface area contributed by atoms with Gasteiger partial charge in [-0.15, -0.1) is 0 Å². The highest BCUT2D eigenvalue weighted by Gasteiger charge is 2.21. The Morgan fingerprint density at radius 1 is 0.862 bits per heavy atom. The minimum atomic E-state index is -1.35. The van der Waals surface area contributed by atoms with Gasteiger partial charge < -0.3 is 31.6 Å². The Morgan fingerprint density at radius 3 is 1.72 bits per heavy atom. The highest BCUT2D eigenvalue weighted by atomic mass is 16.4. The van der Waals surface area contributed by atoms with Crippen LogP contribution >= 0.6 is 0 Å². The molecule has 2 atom stereocenters. The fourth-order valence-corrected chi connectivity index (χ4v) is 2.36. The van der Waals surface area contributed by atoms with E-state index >= 15 is 0 Å². The molecule has 0 aliphatic rings. The molecule has 0 aliphatic carbocycles. The average Bonchev–Trinajstić information content (AvgIpc) is 2.65. The minimum Gasteiger partial charge on any atom is -0.548 e. The third kappa shape index (κ3) is 12.4. The molecule has 0 aromatic rings. The molecule has 9 nitrogen and oxygen atoms in total. The van der Waals surface area contributed by atoms with Gasteiger partial charge in [0.05, 0.1) is 12.0 Å². The van der Waals surface area contributed by atoms with Crippen LogP contribution in [0.15, 0.2) is 24.3 Å². The molecule has 0 rings (SSSR count). The van der Waals surface area contributed by atoms with Gasteiger partial charge >= 0.3 is 0 Å². The van der Waals surface area contributed by atoms with Gasteiger partial charge in [0.2, 0.25) is 11.8 Å². The Morgan fingerprint density at radius 2 is 1.31 bits per heavy atom. The molecular weight excluding hydrogens is 376 g/mol. The van der Waals surface area contributed by atoms with Crippen LogP contribution in [-0.4, -0.2) is 48.9 Å². The third-order valence-corrected chi connectivity index (χ3v) is 4.22. The molecule has 0 saturated carbocycles. The van der Waals surface area contributed by atoms with Crippen LogP contribution in [0.4, 0.5) is 0 Å². The van der Waals surface area contributed by atoms with E-state index in [1.54, 1.807) is 13.8 Å². The summed E-state index contributed by atoms with van der Waals surface area (Å²) in [5, 5.41) is 19.1. The SMILES string of the molecule is C=C(C)C(=O)NCCCC[C@H](NC(=O)[C@@H]([NH3+])CCCCNC(=O)C(=C)C)C(=O)[O-]. The molecule has 29 heavy (non-hydrogen) atoms. The minimum absolute atomic E-state index is 0.204. The summed E-state index contributed by atoms with van der Waals surface area (Å²) >= 11 is 0. The lowest BCUT2D eigenvalue weighted by Crippen LogP contribution is -2.69. The van der Waals surface area contributed by atoms with E-state index in [0.29, 0.717) is 56.3 Å². The van der Waals surface area contributed by atoms with Crippen LogP contribution in [0, 0.1) is 0 Å². The van der Waals surface area contributed by atoms with Gasteiger partial charge in [0.1, 0.15) is 0 Å². The van der Waals surface area contributed by atoms with Gasteiger partial charge in [-0.1, -0.05) is 13.2 Å². The van der Waals surface area contributed by atoms with E-state index in [1.165, 1.54) is 0 Å². The zero-order valence-corrected chi connectivity index (χ0v) is 17.5. The van der Waals surface area contributed by atoms with Crippen molar-refractivity contribution >= 4 is 23.7 Å². The number of unbranched alkanes of at least 4 members (excludes halogenated alkanes) is 2. The van der Waals surface area contributed by atoms with Gasteiger partial charge in [0, 0.05) is 30.7 Å². The summed E-state index contributed by atoms with van der Waals surface area (Å²) < 4.78 is 0. The third-order valence-electron chi connectivity index (χ3n) is 4.22. The summed E-state index contributed by atoms with van der Waals surface area (Å²) in [4.78, 5) is 46.1. The number of aliphatic carboxylic acids is 1. The summed E-state index contributed by atoms with van der Waals surface area (Å²) in [5.41, 5.74) is 4.62. The Bertz CT molecular complexity index is 618. The van der Waals surface area contributed by atoms with Crippen molar-refractivity contribution in [3.63, 3.8) is 0 Å². The van der Waals surface area contributed by atoms with Crippen molar-refractivity contribution in [3.8, 4) is 0 Å². The summed E-state index contributed by atoms with van der Waals surface area (Å²) in [5.74, 6) is -2.24. The van der Waals surface area contributed by atoms with Crippen LogP contribution in [0.3, 0.4) is 0 Å². The quantitative estimate of drug-likeness (QED) is 0.192. The lowest BCUT2D eigenvalue weighted by atomic mass is 10.1. The maximum absolute atomic E-state index is 12.2. The largest absolute Gasteiger partial charge is 0.548 e. The summed E-state index contributed by atoms with van der Waals surface area (Å²) in [6.07, 6.45) is 3.09. The van der Waals surface area contributed by atoms with Crippen molar-refractivity contribution < 1.29 is 30.0 Å². The molecule has 6 N–H and O–H groups in total. The molecule has 0 radical (unpaired) electrons. The Balaban J connectivity index is 4.13. The summed E-state index contributed by atoms with van der Waals surface area (Å²) in [7, 11) is 0. The van der Waals surface area contributed by atoms with Gasteiger partial charge in [-0.3, -0.25) is 14.4 Å². The average molecular weight is 411 g/mol. The van der Waals surface area contributed by atoms with Crippen LogP contribution in [-0.2, 0) is 19.2 Å². The lowest BCUT2D eigenvalue weighted by Gasteiger charge is -2.21. The zero-order valence-electron chi connectivity index (χ0n) is 17.5. The van der Waals surface area contributed by atoms with Crippen LogP contribution in [0.2, 0.25) is 0 Å². The maximum atomic E-state index is 12.2. The first-order valence-corrected chi connectivity index (χ1v) is 9.78. The second kappa shape index (κ2) is 14.3. The van der Waals surface area contributed by atoms with E-state index in [9.17, 15) is 24.3 Å². The molecule has 0 aromatic carbocycles. The van der Waals surface area contributed by atoms with Crippen molar-refractivity contribution in [2.24, 2.45) is 0 Å². The van der Waals surface area contributed by atoms with Crippen molar-refractivity contribution in [3.05, 3.63) is 24.3 Å². The topological polar surface area (TPSA) is 155 Å². The van der Waals surface area contributed by atoms with Gasteiger partial charge in [0.25, 0.3) is 5.91 Å². The molecule has 164 valence electrons. The van der Waals surface area contributed by atoms with Crippen molar-refractivity contribution in [1.29, 1.82) is 0 Å². The molecule has 0 fully saturated rings. The van der Waals surface area contributed by atoms with Gasteiger partial charge in [-0.2, -0.15) is 0 Å². The number of carbonyl (C=O) groups is 4. The van der Waals surface area contributed by atoms with Crippen LogP contribution in [0.5, 0.6) is 0 Å². The van der Waals surface area contributed by atoms with Crippen molar-refractivity contribution in [2.75, 3.05) is 13.1 Å². The molecular formula is C20H34N4O5. The smallest absolute Gasteiger partial charge is 0.278 e. The molecule has 3 amide bonds. The van der Waals surface area contributed by atoms with Crippen molar-refractivity contribution in [1.82, 2.24) is 16.0 Å². The maximum Gasteiger partial charge on any atom is 0.278 e. The molecule has 0 spiro atoms. The molecule has 9 heteroatoms. The zero-order chi connectivity index (χ0) is 22.4. The van der Waals surface area contributed by atoms with Crippen LogP contribution in [0.25, 0.3) is 0 Å². The number of nitrogens with one attached hydrogen (secondary N) is 3. The monoisotopic (exact) mass is 410 g/mol. The fraction of sp³-hybridized carbons (Fsp3) is 0.600. The molecule has 0 unspecified atom stereocenters. The van der Waals surface area contributed by atoms with Crippen LogP contribution < -0.4 is 26.8 Å². The van der Waals surface area contributed by atoms with E-state index in [0.717, 1.165) is 0 Å². The number of rotatable bonds is 15. The summed E-state index contributed by atoms with van der Waals surface area (Å²) in [6.45, 7) is 11.2. The molecule has 0 bridgehead atoms. The highest BCUT2D eigenvalue weighted by Crippen LogP contribution is 2.03. The van der Waals surface area contributed by atoms with E-state index < -0.39 is 24.0 Å².